The normalized spacial score (nSPS) is 15.6. The molecule has 0 aliphatic rings. The number of alkyl halides is 9. The van der Waals surface area contributed by atoms with E-state index in [-0.39, 0.29) is 6.92 Å². The molecule has 0 aromatic rings. The summed E-state index contributed by atoms with van der Waals surface area (Å²) in [6, 6.07) is 0. The molecule has 0 amide bonds. The number of carbonyl (C=O) groups excluding carboxylic acids is 1. The topological polar surface area (TPSA) is 26.3 Å². The number of esters is 1. The van der Waals surface area contributed by atoms with E-state index in [9.17, 15) is 44.3 Å². The highest BCUT2D eigenvalue weighted by molar-refractivity contribution is 5.89. The fourth-order valence-corrected chi connectivity index (χ4v) is 1.10. The second-order valence-electron chi connectivity index (χ2n) is 3.93. The first-order valence-corrected chi connectivity index (χ1v) is 5.02. The summed E-state index contributed by atoms with van der Waals surface area (Å²) in [6.45, 7) is 1.92. The lowest BCUT2D eigenvalue weighted by atomic mass is 9.92. The maximum absolute atomic E-state index is 13.2. The van der Waals surface area contributed by atoms with Crippen LogP contribution in [0.15, 0.2) is 12.2 Å². The molecule has 0 radical (unpaired) electrons. The molecule has 0 N–H and O–H groups in total. The zero-order valence-electron chi connectivity index (χ0n) is 10.5. The summed E-state index contributed by atoms with van der Waals surface area (Å²) in [5.74, 6) is -28.0. The van der Waals surface area contributed by atoms with E-state index in [2.05, 4.69) is 11.3 Å². The van der Waals surface area contributed by atoms with E-state index in [4.69, 9.17) is 0 Å². The maximum atomic E-state index is 13.2. The van der Waals surface area contributed by atoms with Gasteiger partial charge < -0.3 is 4.74 Å². The van der Waals surface area contributed by atoms with Crippen molar-refractivity contribution in [2.24, 2.45) is 0 Å². The zero-order valence-corrected chi connectivity index (χ0v) is 10.5. The van der Waals surface area contributed by atoms with Crippen LogP contribution in [0.5, 0.6) is 0 Å². The predicted molar refractivity (Wildman–Crippen MR) is 51.5 cm³/mol. The average molecular weight is 332 g/mol. The first-order chi connectivity index (χ1) is 9.09. The van der Waals surface area contributed by atoms with Gasteiger partial charge in [0.05, 0.1) is 7.11 Å². The van der Waals surface area contributed by atoms with Crippen molar-refractivity contribution in [1.82, 2.24) is 0 Å². The van der Waals surface area contributed by atoms with Crippen molar-refractivity contribution in [3.05, 3.63) is 12.2 Å². The molecule has 0 heterocycles. The van der Waals surface area contributed by atoms with E-state index in [0.29, 0.717) is 7.11 Å². The maximum Gasteiger partial charge on any atom is 0.382 e. The van der Waals surface area contributed by atoms with Crippen LogP contribution in [-0.2, 0) is 9.53 Å². The van der Waals surface area contributed by atoms with Crippen LogP contribution in [0.3, 0.4) is 0 Å². The Kier molecular flexibility index (Phi) is 5.04. The molecule has 124 valence electrons. The first kappa shape index (κ1) is 19.6. The molecule has 2 nitrogen and oxygen atoms in total. The average Bonchev–Trinajstić information content (AvgIpc) is 2.35. The molecule has 0 rings (SSSR count). The Hall–Kier alpha value is -1.42. The molecular formula is C10H9F9O2. The van der Waals surface area contributed by atoms with E-state index in [1.165, 1.54) is 0 Å². The van der Waals surface area contributed by atoms with E-state index in [1.54, 1.807) is 0 Å². The van der Waals surface area contributed by atoms with Crippen molar-refractivity contribution >= 4 is 5.97 Å². The van der Waals surface area contributed by atoms with Gasteiger partial charge in [0, 0.05) is 0 Å². The quantitative estimate of drug-likeness (QED) is 0.422. The fourth-order valence-electron chi connectivity index (χ4n) is 1.10. The molecule has 11 heteroatoms. The van der Waals surface area contributed by atoms with Crippen LogP contribution >= 0.6 is 0 Å². The van der Waals surface area contributed by atoms with Gasteiger partial charge in [-0.2, -0.15) is 35.1 Å². The molecule has 0 saturated carbocycles. The highest BCUT2D eigenvalue weighted by atomic mass is 19.4. The molecular weight excluding hydrogens is 323 g/mol. The largest absolute Gasteiger partial charge is 0.466 e. The Morgan fingerprint density at radius 3 is 1.67 bits per heavy atom. The summed E-state index contributed by atoms with van der Waals surface area (Å²) in [7, 11) is 0.443. The van der Waals surface area contributed by atoms with Crippen molar-refractivity contribution in [3.8, 4) is 0 Å². The van der Waals surface area contributed by atoms with Crippen molar-refractivity contribution in [3.63, 3.8) is 0 Å². The van der Waals surface area contributed by atoms with Crippen molar-refractivity contribution < 1.29 is 49.0 Å². The monoisotopic (exact) mass is 332 g/mol. The molecule has 0 fully saturated rings. The Bertz CT molecular complexity index is 428. The van der Waals surface area contributed by atoms with Gasteiger partial charge in [-0.15, -0.1) is 0 Å². The van der Waals surface area contributed by atoms with Gasteiger partial charge in [0.25, 0.3) is 0 Å². The molecule has 0 aromatic heterocycles. The zero-order chi connectivity index (χ0) is 17.4. The van der Waals surface area contributed by atoms with E-state index >= 15 is 0 Å². The summed E-state index contributed by atoms with van der Waals surface area (Å²) in [6.07, 6.45) is -3.86. The summed E-state index contributed by atoms with van der Waals surface area (Å²) in [5, 5.41) is 0. The van der Waals surface area contributed by atoms with Crippen LogP contribution in [-0.4, -0.2) is 42.9 Å². The molecule has 1 atom stereocenters. The molecule has 0 aliphatic heterocycles. The van der Waals surface area contributed by atoms with Gasteiger partial charge in [-0.1, -0.05) is 6.58 Å². The number of carbonyl (C=O) groups is 1. The third-order valence-corrected chi connectivity index (χ3v) is 2.52. The summed E-state index contributed by atoms with van der Waals surface area (Å²) >= 11 is 0. The highest BCUT2D eigenvalue weighted by Gasteiger charge is 2.82. The van der Waals surface area contributed by atoms with Gasteiger partial charge in [-0.05, 0) is 6.92 Å². The molecule has 0 saturated heterocycles. The Morgan fingerprint density at radius 2 is 1.38 bits per heavy atom. The van der Waals surface area contributed by atoms with Crippen LogP contribution in [0.1, 0.15) is 6.92 Å². The summed E-state index contributed by atoms with van der Waals surface area (Å²) < 4.78 is 120. The smallest absolute Gasteiger partial charge is 0.382 e. The molecule has 0 aliphatic carbocycles. The van der Waals surface area contributed by atoms with Crippen molar-refractivity contribution in [2.75, 3.05) is 7.11 Å². The fraction of sp³-hybridized carbons (Fsp3) is 0.700. The number of ether oxygens (including phenoxy) is 1. The third kappa shape index (κ3) is 2.69. The standard InChI is InChI=1S/C10H9F9O2/c1-4(6(20)21-3)7(12,13)9(16,17)10(18,19)8(14,15)5(2)11/h5H,1H2,2-3H3. The Balaban J connectivity index is 5.96. The van der Waals surface area contributed by atoms with Crippen molar-refractivity contribution in [2.45, 2.75) is 36.8 Å². The van der Waals surface area contributed by atoms with E-state index in [1.807, 2.05) is 0 Å². The second-order valence-corrected chi connectivity index (χ2v) is 3.93. The second kappa shape index (κ2) is 5.41. The molecule has 0 bridgehead atoms. The first-order valence-electron chi connectivity index (χ1n) is 5.02. The molecule has 0 spiro atoms. The van der Waals surface area contributed by atoms with E-state index < -0.39 is 41.4 Å². The van der Waals surface area contributed by atoms with Gasteiger partial charge in [0.1, 0.15) is 5.57 Å². The van der Waals surface area contributed by atoms with Crippen LogP contribution < -0.4 is 0 Å². The molecule has 1 unspecified atom stereocenters. The lowest BCUT2D eigenvalue weighted by Crippen LogP contribution is -2.65. The van der Waals surface area contributed by atoms with E-state index in [0.717, 1.165) is 0 Å². The highest BCUT2D eigenvalue weighted by Crippen LogP contribution is 2.55. The number of hydrogen-bond acceptors (Lipinski definition) is 2. The number of rotatable bonds is 6. The number of methoxy groups -OCH3 is 1. The molecule has 21 heavy (non-hydrogen) atoms. The minimum atomic E-state index is -6.80. The summed E-state index contributed by atoms with van der Waals surface area (Å²) in [5.41, 5.74) is -2.48. The Morgan fingerprint density at radius 1 is 1.00 bits per heavy atom. The summed E-state index contributed by atoms with van der Waals surface area (Å²) in [4.78, 5) is 10.7. The molecule has 0 aromatic carbocycles. The number of hydrogen-bond donors (Lipinski definition) is 0. The minimum absolute atomic E-state index is 0.211. The van der Waals surface area contributed by atoms with Gasteiger partial charge in [-0.25, -0.2) is 9.18 Å². The van der Waals surface area contributed by atoms with Crippen LogP contribution in [0, 0.1) is 0 Å². The van der Waals surface area contributed by atoms with Gasteiger partial charge in [-0.3, -0.25) is 0 Å². The minimum Gasteiger partial charge on any atom is -0.466 e. The third-order valence-electron chi connectivity index (χ3n) is 2.52. The van der Waals surface area contributed by atoms with Gasteiger partial charge in [0.15, 0.2) is 6.17 Å². The van der Waals surface area contributed by atoms with Crippen LogP contribution in [0.4, 0.5) is 39.5 Å². The Labute approximate surface area is 112 Å². The van der Waals surface area contributed by atoms with Gasteiger partial charge in [0.2, 0.25) is 0 Å². The number of halogens is 9. The van der Waals surface area contributed by atoms with Crippen molar-refractivity contribution in [1.29, 1.82) is 0 Å². The van der Waals surface area contributed by atoms with Crippen LogP contribution in [0.25, 0.3) is 0 Å². The van der Waals surface area contributed by atoms with Crippen LogP contribution in [0.2, 0.25) is 0 Å². The lowest BCUT2D eigenvalue weighted by Gasteiger charge is -2.37. The van der Waals surface area contributed by atoms with Gasteiger partial charge >= 0.3 is 29.7 Å². The lowest BCUT2D eigenvalue weighted by molar-refractivity contribution is -0.366. The SMILES string of the molecule is C=C(C(=O)OC)C(F)(F)C(F)(F)C(F)(F)C(F)(F)C(C)F. The predicted octanol–water partition coefficient (Wildman–Crippen LogP) is 3.61.